The fraction of sp³-hybridized carbons (Fsp3) is 0.938. The predicted molar refractivity (Wildman–Crippen MR) is 81.9 cm³/mol. The number of aliphatic imine (C=N–C) groups is 1. The van der Waals surface area contributed by atoms with Gasteiger partial charge in [0.15, 0.2) is 5.96 Å². The first kappa shape index (κ1) is 14.2. The van der Waals surface area contributed by atoms with E-state index in [9.17, 15) is 0 Å². The van der Waals surface area contributed by atoms with Gasteiger partial charge in [0.05, 0.1) is 6.10 Å². The molecule has 2 N–H and O–H groups in total. The van der Waals surface area contributed by atoms with E-state index in [1.165, 1.54) is 25.7 Å². The number of hydrogen-bond acceptors (Lipinski definition) is 2. The fourth-order valence-electron chi connectivity index (χ4n) is 3.80. The summed E-state index contributed by atoms with van der Waals surface area (Å²) >= 11 is 0. The van der Waals surface area contributed by atoms with Crippen LogP contribution in [-0.4, -0.2) is 37.8 Å². The zero-order chi connectivity index (χ0) is 14.2. The molecule has 20 heavy (non-hydrogen) atoms. The van der Waals surface area contributed by atoms with Crippen molar-refractivity contribution in [2.45, 2.75) is 58.6 Å². The van der Waals surface area contributed by atoms with Crippen molar-refractivity contribution in [2.24, 2.45) is 22.2 Å². The predicted octanol–water partition coefficient (Wildman–Crippen LogP) is 2.16. The Kier molecular flexibility index (Phi) is 3.93. The molecule has 1 saturated heterocycles. The lowest BCUT2D eigenvalue weighted by atomic mass is 9.55. The summed E-state index contributed by atoms with van der Waals surface area (Å²) in [5.74, 6) is 2.50. The van der Waals surface area contributed by atoms with Crippen molar-refractivity contribution in [1.82, 2.24) is 10.6 Å². The Hall–Kier alpha value is -0.770. The van der Waals surface area contributed by atoms with Crippen LogP contribution >= 0.6 is 0 Å². The molecule has 0 spiro atoms. The van der Waals surface area contributed by atoms with Gasteiger partial charge < -0.3 is 15.4 Å². The first-order valence-electron chi connectivity index (χ1n) is 8.29. The molecule has 0 amide bonds. The Bertz CT molecular complexity index is 376. The van der Waals surface area contributed by atoms with E-state index in [4.69, 9.17) is 9.73 Å². The van der Waals surface area contributed by atoms with E-state index >= 15 is 0 Å². The van der Waals surface area contributed by atoms with Crippen molar-refractivity contribution < 1.29 is 4.74 Å². The highest BCUT2D eigenvalue weighted by molar-refractivity contribution is 5.80. The van der Waals surface area contributed by atoms with E-state index in [-0.39, 0.29) is 5.41 Å². The zero-order valence-corrected chi connectivity index (χ0v) is 13.1. The normalized spacial score (nSPS) is 36.0. The van der Waals surface area contributed by atoms with Gasteiger partial charge in [-0.2, -0.15) is 0 Å². The fourth-order valence-corrected chi connectivity index (χ4v) is 3.80. The summed E-state index contributed by atoms with van der Waals surface area (Å²) in [4.78, 5) is 4.75. The molecule has 2 aliphatic carbocycles. The number of ether oxygens (including phenoxy) is 1. The van der Waals surface area contributed by atoms with Crippen LogP contribution in [0.15, 0.2) is 4.99 Å². The first-order valence-corrected chi connectivity index (χ1v) is 8.29. The molecule has 114 valence electrons. The molecule has 0 aromatic heterocycles. The summed E-state index contributed by atoms with van der Waals surface area (Å²) in [6.45, 7) is 9.62. The van der Waals surface area contributed by atoms with E-state index in [0.717, 1.165) is 31.6 Å². The first-order chi connectivity index (χ1) is 9.63. The topological polar surface area (TPSA) is 45.7 Å². The molecule has 3 aliphatic rings. The smallest absolute Gasteiger partial charge is 0.191 e. The van der Waals surface area contributed by atoms with Crippen LogP contribution in [0.3, 0.4) is 0 Å². The van der Waals surface area contributed by atoms with Crippen LogP contribution in [0.4, 0.5) is 0 Å². The summed E-state index contributed by atoms with van der Waals surface area (Å²) in [5, 5.41) is 7.08. The summed E-state index contributed by atoms with van der Waals surface area (Å²) < 4.78 is 5.97. The molecular weight excluding hydrogens is 250 g/mol. The Morgan fingerprint density at radius 1 is 1.30 bits per heavy atom. The minimum Gasteiger partial charge on any atom is -0.377 e. The Labute approximate surface area is 122 Å². The van der Waals surface area contributed by atoms with Gasteiger partial charge in [0.25, 0.3) is 0 Å². The molecular formula is C16H29N3O. The van der Waals surface area contributed by atoms with Gasteiger partial charge in [0, 0.05) is 37.1 Å². The van der Waals surface area contributed by atoms with Gasteiger partial charge in [0.1, 0.15) is 0 Å². The highest BCUT2D eigenvalue weighted by Crippen LogP contribution is 2.51. The van der Waals surface area contributed by atoms with Crippen LogP contribution in [-0.2, 0) is 4.74 Å². The van der Waals surface area contributed by atoms with Crippen molar-refractivity contribution in [3.8, 4) is 0 Å². The van der Waals surface area contributed by atoms with E-state index in [1.807, 2.05) is 0 Å². The molecule has 3 unspecified atom stereocenters. The lowest BCUT2D eigenvalue weighted by molar-refractivity contribution is -0.188. The third-order valence-electron chi connectivity index (χ3n) is 5.17. The second-order valence-electron chi connectivity index (χ2n) is 7.20. The van der Waals surface area contributed by atoms with Gasteiger partial charge in [0.2, 0.25) is 0 Å². The maximum atomic E-state index is 5.97. The summed E-state index contributed by atoms with van der Waals surface area (Å²) in [6.07, 6.45) is 5.63. The van der Waals surface area contributed by atoms with E-state index < -0.39 is 0 Å². The minimum atomic E-state index is 0.209. The molecule has 4 heteroatoms. The van der Waals surface area contributed by atoms with Crippen molar-refractivity contribution in [3.63, 3.8) is 0 Å². The number of hydrogen-bond donors (Lipinski definition) is 2. The molecule has 3 fully saturated rings. The summed E-state index contributed by atoms with van der Waals surface area (Å²) in [5.41, 5.74) is 0.209. The van der Waals surface area contributed by atoms with Crippen LogP contribution in [0.25, 0.3) is 0 Å². The van der Waals surface area contributed by atoms with Gasteiger partial charge in [-0.3, -0.25) is 4.99 Å². The van der Waals surface area contributed by atoms with Crippen LogP contribution in [0.5, 0.6) is 0 Å². The van der Waals surface area contributed by atoms with Crippen LogP contribution in [0, 0.1) is 17.3 Å². The molecule has 2 saturated carbocycles. The number of nitrogens with zero attached hydrogens (tertiary/aromatic N) is 1. The maximum absolute atomic E-state index is 5.97. The lowest BCUT2D eigenvalue weighted by Gasteiger charge is -2.60. The molecule has 4 nitrogen and oxygen atoms in total. The second kappa shape index (κ2) is 5.55. The molecule has 3 atom stereocenters. The SMILES string of the molecule is CCNC(=NCC1CC1)NC1C2CCCOC2C1(C)C. The minimum absolute atomic E-state index is 0.209. The van der Waals surface area contributed by atoms with Gasteiger partial charge in [-0.1, -0.05) is 13.8 Å². The molecule has 0 aromatic rings. The molecule has 1 aliphatic heterocycles. The molecule has 0 aromatic carbocycles. The van der Waals surface area contributed by atoms with Crippen molar-refractivity contribution in [2.75, 3.05) is 19.7 Å². The number of guanidine groups is 1. The van der Waals surface area contributed by atoms with E-state index in [1.54, 1.807) is 0 Å². The standard InChI is InChI=1S/C16H29N3O/c1-4-17-15(18-10-11-7-8-11)19-13-12-6-5-9-20-14(12)16(13,2)3/h11-14H,4-10H2,1-3H3,(H2,17,18,19). The highest BCUT2D eigenvalue weighted by atomic mass is 16.5. The highest BCUT2D eigenvalue weighted by Gasteiger charge is 2.58. The molecule has 0 bridgehead atoms. The largest absolute Gasteiger partial charge is 0.377 e. The van der Waals surface area contributed by atoms with Crippen molar-refractivity contribution >= 4 is 5.96 Å². The Balaban J connectivity index is 1.62. The van der Waals surface area contributed by atoms with Crippen LogP contribution in [0.2, 0.25) is 0 Å². The second-order valence-corrected chi connectivity index (χ2v) is 7.20. The number of rotatable bonds is 4. The Morgan fingerprint density at radius 3 is 2.80 bits per heavy atom. The van der Waals surface area contributed by atoms with Crippen LogP contribution in [0.1, 0.15) is 46.5 Å². The van der Waals surface area contributed by atoms with Gasteiger partial charge in [-0.15, -0.1) is 0 Å². The quantitative estimate of drug-likeness (QED) is 0.612. The third-order valence-corrected chi connectivity index (χ3v) is 5.17. The molecule has 0 radical (unpaired) electrons. The monoisotopic (exact) mass is 279 g/mol. The van der Waals surface area contributed by atoms with Crippen molar-refractivity contribution in [3.05, 3.63) is 0 Å². The van der Waals surface area contributed by atoms with Gasteiger partial charge in [-0.05, 0) is 38.5 Å². The van der Waals surface area contributed by atoms with E-state index in [2.05, 4.69) is 31.4 Å². The van der Waals surface area contributed by atoms with Crippen LogP contribution < -0.4 is 10.6 Å². The average Bonchev–Trinajstić information content (AvgIpc) is 3.26. The zero-order valence-electron chi connectivity index (χ0n) is 13.1. The van der Waals surface area contributed by atoms with Crippen molar-refractivity contribution in [1.29, 1.82) is 0 Å². The lowest BCUT2D eigenvalue weighted by Crippen LogP contribution is -2.71. The Morgan fingerprint density at radius 2 is 2.10 bits per heavy atom. The summed E-state index contributed by atoms with van der Waals surface area (Å²) in [6, 6.07) is 0.491. The van der Waals surface area contributed by atoms with Gasteiger partial charge in [-0.25, -0.2) is 0 Å². The summed E-state index contributed by atoms with van der Waals surface area (Å²) in [7, 11) is 0. The number of nitrogens with one attached hydrogen (secondary N) is 2. The molecule has 1 heterocycles. The number of fused-ring (bicyclic) bond motifs is 1. The average molecular weight is 279 g/mol. The maximum Gasteiger partial charge on any atom is 0.191 e. The molecule has 3 rings (SSSR count). The van der Waals surface area contributed by atoms with E-state index in [0.29, 0.717) is 18.1 Å². The third kappa shape index (κ3) is 2.67. The van der Waals surface area contributed by atoms with Gasteiger partial charge >= 0.3 is 0 Å².